The summed E-state index contributed by atoms with van der Waals surface area (Å²) in [5.74, 6) is 0.232. The quantitative estimate of drug-likeness (QED) is 0.870. The third-order valence-corrected chi connectivity index (χ3v) is 5.83. The first-order valence-electron chi connectivity index (χ1n) is 6.85. The van der Waals surface area contributed by atoms with Gasteiger partial charge in [0.05, 0.1) is 11.9 Å². The van der Waals surface area contributed by atoms with Gasteiger partial charge in [0.2, 0.25) is 10.0 Å². The van der Waals surface area contributed by atoms with Crippen molar-refractivity contribution in [1.29, 1.82) is 0 Å². The molecule has 1 atom stereocenters. The zero-order chi connectivity index (χ0) is 14.9. The molecule has 1 saturated heterocycles. The predicted octanol–water partition coefficient (Wildman–Crippen LogP) is 2.34. The molecule has 0 spiro atoms. The Kier molecular flexibility index (Phi) is 4.05. The molecule has 0 aromatic carbocycles. The molecule has 21 heavy (non-hydrogen) atoms. The molecule has 0 radical (unpaired) electrons. The van der Waals surface area contributed by atoms with Crippen molar-refractivity contribution in [2.75, 3.05) is 19.3 Å². The molecule has 0 aliphatic carbocycles. The molecule has 3 heterocycles. The minimum atomic E-state index is -3.11. The van der Waals surface area contributed by atoms with Crippen LogP contribution in [-0.2, 0) is 10.0 Å². The minimum absolute atomic E-state index is 0.232. The van der Waals surface area contributed by atoms with Crippen LogP contribution < -0.4 is 0 Å². The summed E-state index contributed by atoms with van der Waals surface area (Å²) in [6.45, 7) is 1.18. The summed E-state index contributed by atoms with van der Waals surface area (Å²) in [4.78, 5) is 8.64. The van der Waals surface area contributed by atoms with Gasteiger partial charge in [0, 0.05) is 30.9 Å². The van der Waals surface area contributed by atoms with Gasteiger partial charge in [-0.2, -0.15) is 0 Å². The second kappa shape index (κ2) is 5.82. The molecule has 3 rings (SSSR count). The van der Waals surface area contributed by atoms with Crippen molar-refractivity contribution in [3.05, 3.63) is 35.5 Å². The zero-order valence-electron chi connectivity index (χ0n) is 11.8. The summed E-state index contributed by atoms with van der Waals surface area (Å²) in [6.07, 6.45) is 6.73. The van der Waals surface area contributed by atoms with E-state index in [4.69, 9.17) is 0 Å². The van der Waals surface area contributed by atoms with E-state index in [0.29, 0.717) is 13.1 Å². The number of sulfonamides is 1. The Hall–Kier alpha value is -1.31. The average molecular weight is 323 g/mol. The van der Waals surface area contributed by atoms with Crippen molar-refractivity contribution in [2.45, 2.75) is 18.8 Å². The third-order valence-electron chi connectivity index (χ3n) is 3.76. The van der Waals surface area contributed by atoms with Crippen LogP contribution in [-0.4, -0.2) is 42.0 Å². The second-order valence-corrected chi connectivity index (χ2v) is 8.15. The Morgan fingerprint density at radius 2 is 2.19 bits per heavy atom. The maximum absolute atomic E-state index is 11.7. The Morgan fingerprint density at radius 1 is 1.33 bits per heavy atom. The third kappa shape index (κ3) is 3.30. The number of pyridine rings is 1. The summed E-state index contributed by atoms with van der Waals surface area (Å²) in [5.41, 5.74) is 2.00. The number of aromatic nitrogens is 2. The molecule has 0 unspecified atom stereocenters. The first kappa shape index (κ1) is 14.6. The molecular weight excluding hydrogens is 306 g/mol. The lowest BCUT2D eigenvalue weighted by Crippen LogP contribution is -2.38. The van der Waals surface area contributed by atoms with E-state index in [1.807, 2.05) is 17.5 Å². The molecule has 0 saturated carbocycles. The molecule has 1 aliphatic heterocycles. The van der Waals surface area contributed by atoms with Crippen LogP contribution in [0.1, 0.15) is 24.3 Å². The van der Waals surface area contributed by atoms with Gasteiger partial charge in [0.25, 0.3) is 0 Å². The van der Waals surface area contributed by atoms with E-state index >= 15 is 0 Å². The summed E-state index contributed by atoms with van der Waals surface area (Å²) in [6, 6.07) is 4.02. The number of nitrogens with zero attached hydrogens (tertiary/aromatic N) is 3. The molecule has 0 N–H and O–H groups in total. The molecule has 7 heteroatoms. The lowest BCUT2D eigenvalue weighted by molar-refractivity contribution is 0.317. The van der Waals surface area contributed by atoms with Crippen molar-refractivity contribution in [3.63, 3.8) is 0 Å². The Bertz CT molecular complexity index is 714. The second-order valence-electron chi connectivity index (χ2n) is 5.27. The number of hydrogen-bond donors (Lipinski definition) is 0. The highest BCUT2D eigenvalue weighted by Gasteiger charge is 2.27. The number of thiazole rings is 1. The molecule has 2 aromatic heterocycles. The van der Waals surface area contributed by atoms with E-state index in [2.05, 4.69) is 9.97 Å². The minimum Gasteiger partial charge on any atom is -0.254 e. The van der Waals surface area contributed by atoms with E-state index in [9.17, 15) is 8.42 Å². The Morgan fingerprint density at radius 3 is 2.90 bits per heavy atom. The summed E-state index contributed by atoms with van der Waals surface area (Å²) in [7, 11) is -3.11. The van der Waals surface area contributed by atoms with E-state index in [1.165, 1.54) is 6.26 Å². The SMILES string of the molecule is CS(=O)(=O)N1CCC[C@H](c2ccnc(-c3nccs3)c2)C1. The standard InChI is InChI=1S/C14H17N3O2S2/c1-21(18,19)17-7-2-3-12(10-17)11-4-5-15-13(9-11)14-16-6-8-20-14/h4-6,8-9,12H,2-3,7,10H2,1H3/t12-/m0/s1. The molecule has 2 aromatic rings. The number of rotatable bonds is 3. The van der Waals surface area contributed by atoms with E-state index in [1.54, 1.807) is 28.0 Å². The maximum atomic E-state index is 11.7. The lowest BCUT2D eigenvalue weighted by atomic mass is 9.92. The van der Waals surface area contributed by atoms with Crippen molar-refractivity contribution in [1.82, 2.24) is 14.3 Å². The molecular formula is C14H17N3O2S2. The van der Waals surface area contributed by atoms with Crippen molar-refractivity contribution in [3.8, 4) is 10.7 Å². The van der Waals surface area contributed by atoms with Gasteiger partial charge in [-0.1, -0.05) is 0 Å². The fraction of sp³-hybridized carbons (Fsp3) is 0.429. The van der Waals surface area contributed by atoms with E-state index in [-0.39, 0.29) is 5.92 Å². The predicted molar refractivity (Wildman–Crippen MR) is 83.7 cm³/mol. The van der Waals surface area contributed by atoms with Gasteiger partial charge in [-0.25, -0.2) is 17.7 Å². The van der Waals surface area contributed by atoms with Crippen LogP contribution in [0.25, 0.3) is 10.7 Å². The highest BCUT2D eigenvalue weighted by atomic mass is 32.2. The molecule has 1 aliphatic rings. The highest BCUT2D eigenvalue weighted by molar-refractivity contribution is 7.88. The van der Waals surface area contributed by atoms with Gasteiger partial charge in [-0.15, -0.1) is 11.3 Å². The molecule has 1 fully saturated rings. The molecule has 5 nitrogen and oxygen atoms in total. The smallest absolute Gasteiger partial charge is 0.211 e. The van der Waals surface area contributed by atoms with Crippen LogP contribution in [0.15, 0.2) is 29.9 Å². The number of piperidine rings is 1. The van der Waals surface area contributed by atoms with Crippen LogP contribution in [0, 0.1) is 0 Å². The highest BCUT2D eigenvalue weighted by Crippen LogP contribution is 2.30. The van der Waals surface area contributed by atoms with Crippen molar-refractivity contribution < 1.29 is 8.42 Å². The Balaban J connectivity index is 1.85. The van der Waals surface area contributed by atoms with Crippen LogP contribution in [0.2, 0.25) is 0 Å². The van der Waals surface area contributed by atoms with Crippen LogP contribution >= 0.6 is 11.3 Å². The largest absolute Gasteiger partial charge is 0.254 e. The normalized spacial score (nSPS) is 20.5. The lowest BCUT2D eigenvalue weighted by Gasteiger charge is -2.31. The van der Waals surface area contributed by atoms with Crippen LogP contribution in [0.4, 0.5) is 0 Å². The van der Waals surface area contributed by atoms with E-state index in [0.717, 1.165) is 29.1 Å². The number of hydrogen-bond acceptors (Lipinski definition) is 5. The Labute approximate surface area is 128 Å². The summed E-state index contributed by atoms with van der Waals surface area (Å²) >= 11 is 1.56. The summed E-state index contributed by atoms with van der Waals surface area (Å²) < 4.78 is 25.0. The van der Waals surface area contributed by atoms with Gasteiger partial charge in [-0.05, 0) is 36.5 Å². The monoisotopic (exact) mass is 323 g/mol. The van der Waals surface area contributed by atoms with Gasteiger partial charge >= 0.3 is 0 Å². The zero-order valence-corrected chi connectivity index (χ0v) is 13.4. The van der Waals surface area contributed by atoms with Gasteiger partial charge in [0.1, 0.15) is 5.01 Å². The molecule has 0 bridgehead atoms. The molecule has 0 amide bonds. The average Bonchev–Trinajstić information content (AvgIpc) is 3.01. The summed E-state index contributed by atoms with van der Waals surface area (Å²) in [5, 5.41) is 2.82. The van der Waals surface area contributed by atoms with Gasteiger partial charge < -0.3 is 0 Å². The first-order chi connectivity index (χ1) is 10.0. The van der Waals surface area contributed by atoms with Crippen molar-refractivity contribution >= 4 is 21.4 Å². The topological polar surface area (TPSA) is 63.2 Å². The van der Waals surface area contributed by atoms with Crippen LogP contribution in [0.5, 0.6) is 0 Å². The first-order valence-corrected chi connectivity index (χ1v) is 9.58. The van der Waals surface area contributed by atoms with E-state index < -0.39 is 10.0 Å². The fourth-order valence-electron chi connectivity index (χ4n) is 2.68. The fourth-order valence-corrected chi connectivity index (χ4v) is 4.20. The van der Waals surface area contributed by atoms with Gasteiger partial charge in [0.15, 0.2) is 0 Å². The maximum Gasteiger partial charge on any atom is 0.211 e. The van der Waals surface area contributed by atoms with Gasteiger partial charge in [-0.3, -0.25) is 4.98 Å². The van der Waals surface area contributed by atoms with Crippen molar-refractivity contribution in [2.24, 2.45) is 0 Å². The van der Waals surface area contributed by atoms with Crippen LogP contribution in [0.3, 0.4) is 0 Å². The molecule has 112 valence electrons.